The number of rotatable bonds is 13. The number of hydrogen-bond acceptors (Lipinski definition) is 7. The van der Waals surface area contributed by atoms with E-state index in [0.717, 1.165) is 17.7 Å². The molecule has 0 spiro atoms. The predicted octanol–water partition coefficient (Wildman–Crippen LogP) is 6.01. The van der Waals surface area contributed by atoms with Crippen molar-refractivity contribution in [2.75, 3.05) is 11.9 Å². The van der Waals surface area contributed by atoms with Crippen molar-refractivity contribution in [2.45, 2.75) is 58.0 Å². The number of anilines is 1. The van der Waals surface area contributed by atoms with Gasteiger partial charge in [-0.1, -0.05) is 57.2 Å². The number of benzene rings is 2. The van der Waals surface area contributed by atoms with E-state index in [4.69, 9.17) is 14.2 Å². The molecule has 194 valence electrons. The number of carbonyl (C=O) groups is 1. The highest BCUT2D eigenvalue weighted by atomic mass is 16.6. The summed E-state index contributed by atoms with van der Waals surface area (Å²) in [4.78, 5) is 12.6. The third-order valence-corrected chi connectivity index (χ3v) is 5.89. The van der Waals surface area contributed by atoms with Gasteiger partial charge in [0.05, 0.1) is 11.9 Å². The molecular formula is C28H33N5O4. The Hall–Kier alpha value is -4.14. The van der Waals surface area contributed by atoms with Crippen LogP contribution in [0.15, 0.2) is 60.9 Å². The topological polar surface area (TPSA) is 111 Å². The molecular weight excluding hydrogens is 470 g/mol. The predicted molar refractivity (Wildman–Crippen MR) is 141 cm³/mol. The Morgan fingerprint density at radius 3 is 2.78 bits per heavy atom. The van der Waals surface area contributed by atoms with Crippen LogP contribution in [0.2, 0.25) is 0 Å². The molecule has 9 nitrogen and oxygen atoms in total. The molecule has 2 heterocycles. The van der Waals surface area contributed by atoms with Crippen molar-refractivity contribution >= 4 is 17.7 Å². The molecule has 1 amide bonds. The van der Waals surface area contributed by atoms with Gasteiger partial charge in [0.25, 0.3) is 0 Å². The molecule has 9 heteroatoms. The zero-order valence-electron chi connectivity index (χ0n) is 21.1. The fourth-order valence-electron chi connectivity index (χ4n) is 3.87. The van der Waals surface area contributed by atoms with Crippen LogP contribution in [0.25, 0.3) is 6.08 Å². The van der Waals surface area contributed by atoms with Gasteiger partial charge in [0, 0.05) is 6.08 Å². The van der Waals surface area contributed by atoms with Crippen LogP contribution in [0.1, 0.15) is 69.4 Å². The molecule has 0 bridgehead atoms. The molecule has 0 saturated heterocycles. The van der Waals surface area contributed by atoms with Gasteiger partial charge in [-0.2, -0.15) is 0 Å². The molecule has 37 heavy (non-hydrogen) atoms. The molecule has 0 saturated carbocycles. The number of carbonyl (C=O) groups excluding carboxylic acids is 1. The van der Waals surface area contributed by atoms with Crippen molar-refractivity contribution < 1.29 is 19.0 Å². The van der Waals surface area contributed by atoms with Crippen molar-refractivity contribution in [1.29, 1.82) is 0 Å². The van der Waals surface area contributed by atoms with Gasteiger partial charge in [-0.25, -0.2) is 5.10 Å². The first-order valence-corrected chi connectivity index (χ1v) is 12.8. The van der Waals surface area contributed by atoms with E-state index in [1.165, 1.54) is 44.6 Å². The molecule has 1 aliphatic heterocycles. The van der Waals surface area contributed by atoms with Gasteiger partial charge in [0.2, 0.25) is 5.91 Å². The van der Waals surface area contributed by atoms with E-state index in [2.05, 4.69) is 38.9 Å². The number of aromatic amines is 1. The number of H-pyrrole nitrogens is 1. The van der Waals surface area contributed by atoms with Gasteiger partial charge in [-0.05, 0) is 65.2 Å². The third-order valence-electron chi connectivity index (χ3n) is 5.89. The SMILES string of the molecule is CCCCCCCCC=COc1ccc(C=CC(=O)Nc2cccc3c2OC(c2nnn[nH]2)CO3)cc1. The molecule has 4 rings (SSSR count). The Morgan fingerprint density at radius 1 is 1.14 bits per heavy atom. The third kappa shape index (κ3) is 7.93. The first-order valence-electron chi connectivity index (χ1n) is 12.8. The first kappa shape index (κ1) is 25.9. The highest BCUT2D eigenvalue weighted by molar-refractivity contribution is 6.03. The molecule has 0 radical (unpaired) electrons. The molecule has 0 aliphatic carbocycles. The van der Waals surface area contributed by atoms with Crippen LogP contribution in [-0.4, -0.2) is 33.1 Å². The highest BCUT2D eigenvalue weighted by Gasteiger charge is 2.27. The van der Waals surface area contributed by atoms with Crippen LogP contribution in [0.3, 0.4) is 0 Å². The van der Waals surface area contributed by atoms with Crippen LogP contribution in [-0.2, 0) is 4.79 Å². The van der Waals surface area contributed by atoms with E-state index < -0.39 is 6.10 Å². The zero-order chi connectivity index (χ0) is 25.7. The smallest absolute Gasteiger partial charge is 0.248 e. The second kappa shape index (κ2) is 13.8. The van der Waals surface area contributed by atoms with E-state index >= 15 is 0 Å². The molecule has 0 fully saturated rings. The van der Waals surface area contributed by atoms with Gasteiger partial charge in [0.1, 0.15) is 12.4 Å². The number of fused-ring (bicyclic) bond motifs is 1. The summed E-state index contributed by atoms with van der Waals surface area (Å²) in [6, 6.07) is 12.9. The van der Waals surface area contributed by atoms with E-state index in [9.17, 15) is 4.79 Å². The van der Waals surface area contributed by atoms with E-state index in [1.807, 2.05) is 24.3 Å². The van der Waals surface area contributed by atoms with Crippen LogP contribution in [0.4, 0.5) is 5.69 Å². The van der Waals surface area contributed by atoms with Crippen LogP contribution in [0.5, 0.6) is 17.2 Å². The summed E-state index contributed by atoms with van der Waals surface area (Å²) in [5.41, 5.74) is 1.38. The number of allylic oxidation sites excluding steroid dienone is 1. The largest absolute Gasteiger partial charge is 0.485 e. The average molecular weight is 504 g/mol. The lowest BCUT2D eigenvalue weighted by atomic mass is 10.1. The fraction of sp³-hybridized carbons (Fsp3) is 0.357. The lowest BCUT2D eigenvalue weighted by Crippen LogP contribution is -2.24. The number of ether oxygens (including phenoxy) is 3. The summed E-state index contributed by atoms with van der Waals surface area (Å²) < 4.78 is 17.4. The van der Waals surface area contributed by atoms with Crippen molar-refractivity contribution in [3.8, 4) is 17.2 Å². The summed E-state index contributed by atoms with van der Waals surface area (Å²) in [7, 11) is 0. The minimum Gasteiger partial charge on any atom is -0.485 e. The van der Waals surface area contributed by atoms with E-state index in [1.54, 1.807) is 30.5 Å². The Morgan fingerprint density at radius 2 is 1.97 bits per heavy atom. The molecule has 1 aliphatic rings. The number of aromatic nitrogens is 4. The van der Waals surface area contributed by atoms with Crippen molar-refractivity contribution in [1.82, 2.24) is 20.6 Å². The van der Waals surface area contributed by atoms with Gasteiger partial charge >= 0.3 is 0 Å². The molecule has 2 aromatic carbocycles. The molecule has 3 aromatic rings. The number of unbranched alkanes of at least 4 members (excludes halogenated alkanes) is 6. The minimum atomic E-state index is -0.498. The van der Waals surface area contributed by atoms with Crippen LogP contribution < -0.4 is 19.5 Å². The quantitative estimate of drug-likeness (QED) is 0.167. The maximum Gasteiger partial charge on any atom is 0.248 e. The van der Waals surface area contributed by atoms with E-state index in [-0.39, 0.29) is 12.5 Å². The first-order chi connectivity index (χ1) is 18.2. The number of tetrazole rings is 1. The van der Waals surface area contributed by atoms with Crippen molar-refractivity contribution in [3.05, 3.63) is 72.3 Å². The van der Waals surface area contributed by atoms with Gasteiger partial charge in [-0.3, -0.25) is 4.79 Å². The Balaban J connectivity index is 1.24. The Bertz CT molecular complexity index is 1180. The van der Waals surface area contributed by atoms with Crippen LogP contribution >= 0.6 is 0 Å². The second-order valence-electron chi connectivity index (χ2n) is 8.77. The normalized spacial score (nSPS) is 14.8. The molecule has 2 N–H and O–H groups in total. The van der Waals surface area contributed by atoms with Crippen molar-refractivity contribution in [3.63, 3.8) is 0 Å². The maximum absolute atomic E-state index is 12.6. The average Bonchev–Trinajstić information content (AvgIpc) is 3.47. The number of amides is 1. The summed E-state index contributed by atoms with van der Waals surface area (Å²) >= 11 is 0. The Labute approximate surface area is 216 Å². The number of hydrogen-bond donors (Lipinski definition) is 2. The lowest BCUT2D eigenvalue weighted by Gasteiger charge is -2.26. The fourth-order valence-corrected chi connectivity index (χ4v) is 3.87. The number of nitrogens with one attached hydrogen (secondary N) is 2. The number of para-hydroxylation sites is 1. The summed E-state index contributed by atoms with van der Waals surface area (Å²) in [5, 5.41) is 16.6. The van der Waals surface area contributed by atoms with Gasteiger partial charge < -0.3 is 19.5 Å². The second-order valence-corrected chi connectivity index (χ2v) is 8.77. The van der Waals surface area contributed by atoms with Crippen molar-refractivity contribution in [2.24, 2.45) is 0 Å². The number of nitrogens with zero attached hydrogens (tertiary/aromatic N) is 3. The van der Waals surface area contributed by atoms with Crippen LogP contribution in [0, 0.1) is 0 Å². The standard InChI is InChI=1S/C28H33N5O4/c1-2-3-4-5-6-7-8-9-19-35-22-16-13-21(14-17-22)15-18-26(34)29-23-11-10-12-24-27(23)37-25(20-36-24)28-30-32-33-31-28/h9-19,25H,2-8,20H2,1H3,(H,29,34)(H,30,31,32,33). The lowest BCUT2D eigenvalue weighted by molar-refractivity contribution is -0.111. The highest BCUT2D eigenvalue weighted by Crippen LogP contribution is 2.41. The van der Waals surface area contributed by atoms with E-state index in [0.29, 0.717) is 23.0 Å². The monoisotopic (exact) mass is 503 g/mol. The summed E-state index contributed by atoms with van der Waals surface area (Å²) in [6.45, 7) is 2.49. The zero-order valence-corrected chi connectivity index (χ0v) is 21.1. The van der Waals surface area contributed by atoms with Gasteiger partial charge in [0.15, 0.2) is 23.4 Å². The minimum absolute atomic E-state index is 0.260. The Kier molecular flexibility index (Phi) is 9.69. The molecule has 1 unspecified atom stereocenters. The summed E-state index contributed by atoms with van der Waals surface area (Å²) in [5.74, 6) is 1.89. The van der Waals surface area contributed by atoms with Gasteiger partial charge in [-0.15, -0.1) is 5.10 Å². The molecule has 1 aromatic heterocycles. The summed E-state index contributed by atoms with van der Waals surface area (Å²) in [6.07, 6.45) is 15.3. The molecule has 1 atom stereocenters. The maximum atomic E-state index is 12.6.